The molecule has 0 aromatic carbocycles. The van der Waals surface area contributed by atoms with Crippen molar-refractivity contribution in [2.45, 2.75) is 58.9 Å². The van der Waals surface area contributed by atoms with Gasteiger partial charge in [0.1, 0.15) is 0 Å². The highest BCUT2D eigenvalue weighted by Gasteiger charge is 2.38. The molecule has 0 bridgehead atoms. The Morgan fingerprint density at radius 2 is 1.95 bits per heavy atom. The first-order chi connectivity index (χ1) is 9.96. The molecule has 0 saturated carbocycles. The van der Waals surface area contributed by atoms with E-state index < -0.39 is 0 Å². The molecule has 4 nitrogen and oxygen atoms in total. The molecular formula is C17H32N2O2. The van der Waals surface area contributed by atoms with Crippen molar-refractivity contribution in [3.8, 4) is 0 Å². The van der Waals surface area contributed by atoms with Gasteiger partial charge in [-0.15, -0.1) is 0 Å². The Kier molecular flexibility index (Phi) is 5.67. The zero-order valence-electron chi connectivity index (χ0n) is 14.0. The lowest BCUT2D eigenvalue weighted by atomic mass is 9.74. The molecule has 2 aliphatic heterocycles. The van der Waals surface area contributed by atoms with Crippen LogP contribution in [0.4, 0.5) is 0 Å². The Balaban J connectivity index is 1.93. The first kappa shape index (κ1) is 16.8. The Labute approximate surface area is 129 Å². The van der Waals surface area contributed by atoms with E-state index in [1.54, 1.807) is 6.92 Å². The number of aliphatic hydroxyl groups is 1. The van der Waals surface area contributed by atoms with E-state index in [0.717, 1.165) is 51.9 Å². The van der Waals surface area contributed by atoms with Gasteiger partial charge in [-0.2, -0.15) is 0 Å². The van der Waals surface area contributed by atoms with Gasteiger partial charge >= 0.3 is 0 Å². The van der Waals surface area contributed by atoms with Crippen molar-refractivity contribution in [2.24, 2.45) is 11.3 Å². The molecule has 0 aromatic heterocycles. The second kappa shape index (κ2) is 7.10. The minimum atomic E-state index is 0.101. The summed E-state index contributed by atoms with van der Waals surface area (Å²) in [5.74, 6) is 0.841. The molecule has 122 valence electrons. The summed E-state index contributed by atoms with van der Waals surface area (Å²) in [7, 11) is 0. The van der Waals surface area contributed by atoms with Crippen LogP contribution in [-0.2, 0) is 4.79 Å². The number of carbonyl (C=O) groups is 1. The van der Waals surface area contributed by atoms with Gasteiger partial charge in [0, 0.05) is 44.6 Å². The monoisotopic (exact) mass is 296 g/mol. The van der Waals surface area contributed by atoms with Crippen LogP contribution in [0.15, 0.2) is 0 Å². The van der Waals surface area contributed by atoms with Crippen molar-refractivity contribution in [1.82, 2.24) is 9.80 Å². The maximum atomic E-state index is 11.4. The third-order valence-electron chi connectivity index (χ3n) is 5.29. The van der Waals surface area contributed by atoms with Gasteiger partial charge in [-0.05, 0) is 44.6 Å². The molecule has 1 N–H and O–H groups in total. The summed E-state index contributed by atoms with van der Waals surface area (Å²) >= 11 is 0. The van der Waals surface area contributed by atoms with Gasteiger partial charge in [-0.3, -0.25) is 9.69 Å². The number of piperidine rings is 2. The van der Waals surface area contributed by atoms with E-state index >= 15 is 0 Å². The standard InChI is InChI=1S/C17H32N2O2/c1-14(2)11-17(13-20)7-4-8-19(12-17)16-5-9-18(10-6-16)15(3)21/h14,16,20H,4-13H2,1-3H3/t17-/m0/s1. The SMILES string of the molecule is CC(=O)N1CCC(N2CCC[C@](CO)(CC(C)C)C2)CC1. The van der Waals surface area contributed by atoms with E-state index in [1.165, 1.54) is 6.42 Å². The Morgan fingerprint density at radius 3 is 2.48 bits per heavy atom. The molecule has 2 heterocycles. The van der Waals surface area contributed by atoms with E-state index in [-0.39, 0.29) is 11.3 Å². The molecule has 21 heavy (non-hydrogen) atoms. The number of amides is 1. The average Bonchev–Trinajstić information content (AvgIpc) is 2.47. The number of nitrogens with zero attached hydrogens (tertiary/aromatic N) is 2. The predicted octanol–water partition coefficient (Wildman–Crippen LogP) is 2.12. The zero-order chi connectivity index (χ0) is 15.5. The molecule has 2 saturated heterocycles. The molecule has 0 aromatic rings. The van der Waals surface area contributed by atoms with Crippen LogP contribution in [0.2, 0.25) is 0 Å². The Hall–Kier alpha value is -0.610. The van der Waals surface area contributed by atoms with Crippen LogP contribution in [0.5, 0.6) is 0 Å². The highest BCUT2D eigenvalue weighted by Crippen LogP contribution is 2.37. The number of hydrogen-bond acceptors (Lipinski definition) is 3. The summed E-state index contributed by atoms with van der Waals surface area (Å²) in [6, 6.07) is 0.596. The second-order valence-electron chi connectivity index (χ2n) is 7.57. The largest absolute Gasteiger partial charge is 0.396 e. The van der Waals surface area contributed by atoms with Gasteiger partial charge in [0.25, 0.3) is 0 Å². The lowest BCUT2D eigenvalue weighted by Gasteiger charge is -2.47. The Bertz CT molecular complexity index is 351. The minimum Gasteiger partial charge on any atom is -0.396 e. The van der Waals surface area contributed by atoms with E-state index in [0.29, 0.717) is 18.6 Å². The number of aliphatic hydroxyl groups excluding tert-OH is 1. The fourth-order valence-electron chi connectivity index (χ4n) is 4.33. The molecule has 0 unspecified atom stereocenters. The third kappa shape index (κ3) is 4.19. The van der Waals surface area contributed by atoms with Crippen molar-refractivity contribution >= 4 is 5.91 Å². The maximum absolute atomic E-state index is 11.4. The first-order valence-electron chi connectivity index (χ1n) is 8.56. The summed E-state index contributed by atoms with van der Waals surface area (Å²) < 4.78 is 0. The van der Waals surface area contributed by atoms with Crippen molar-refractivity contribution in [3.63, 3.8) is 0 Å². The average molecular weight is 296 g/mol. The first-order valence-corrected chi connectivity index (χ1v) is 8.56. The molecule has 0 spiro atoms. The van der Waals surface area contributed by atoms with Crippen LogP contribution in [0.25, 0.3) is 0 Å². The molecular weight excluding hydrogens is 264 g/mol. The van der Waals surface area contributed by atoms with E-state index in [1.807, 2.05) is 4.90 Å². The number of hydrogen-bond donors (Lipinski definition) is 1. The van der Waals surface area contributed by atoms with Crippen LogP contribution in [-0.4, -0.2) is 59.6 Å². The lowest BCUT2D eigenvalue weighted by molar-refractivity contribution is -0.130. The lowest BCUT2D eigenvalue weighted by Crippen LogP contribution is -2.53. The highest BCUT2D eigenvalue weighted by atomic mass is 16.3. The van der Waals surface area contributed by atoms with Crippen LogP contribution in [0, 0.1) is 11.3 Å². The fraction of sp³-hybridized carbons (Fsp3) is 0.941. The van der Waals surface area contributed by atoms with Gasteiger partial charge in [0.2, 0.25) is 5.91 Å². The second-order valence-corrected chi connectivity index (χ2v) is 7.57. The smallest absolute Gasteiger partial charge is 0.219 e. The summed E-state index contributed by atoms with van der Waals surface area (Å²) in [4.78, 5) is 16.0. The van der Waals surface area contributed by atoms with E-state index in [4.69, 9.17) is 0 Å². The van der Waals surface area contributed by atoms with Crippen molar-refractivity contribution in [3.05, 3.63) is 0 Å². The summed E-state index contributed by atoms with van der Waals surface area (Å²) in [6.45, 7) is 10.5. The van der Waals surface area contributed by atoms with Crippen LogP contribution in [0.1, 0.15) is 52.9 Å². The Morgan fingerprint density at radius 1 is 1.29 bits per heavy atom. The summed E-state index contributed by atoms with van der Waals surface area (Å²) in [5.41, 5.74) is 0.101. The van der Waals surface area contributed by atoms with Gasteiger partial charge in [0.15, 0.2) is 0 Å². The predicted molar refractivity (Wildman–Crippen MR) is 85.1 cm³/mol. The van der Waals surface area contributed by atoms with Crippen molar-refractivity contribution < 1.29 is 9.90 Å². The molecule has 2 rings (SSSR count). The van der Waals surface area contributed by atoms with Gasteiger partial charge in [-0.1, -0.05) is 13.8 Å². The van der Waals surface area contributed by atoms with E-state index in [9.17, 15) is 9.90 Å². The molecule has 4 heteroatoms. The maximum Gasteiger partial charge on any atom is 0.219 e. The van der Waals surface area contributed by atoms with Gasteiger partial charge in [0.05, 0.1) is 0 Å². The quantitative estimate of drug-likeness (QED) is 0.864. The zero-order valence-corrected chi connectivity index (χ0v) is 14.0. The molecule has 0 aliphatic carbocycles. The van der Waals surface area contributed by atoms with Gasteiger partial charge < -0.3 is 10.0 Å². The third-order valence-corrected chi connectivity index (χ3v) is 5.29. The van der Waals surface area contributed by atoms with E-state index in [2.05, 4.69) is 18.7 Å². The molecule has 2 fully saturated rings. The van der Waals surface area contributed by atoms with Crippen molar-refractivity contribution in [1.29, 1.82) is 0 Å². The van der Waals surface area contributed by atoms with Crippen LogP contribution >= 0.6 is 0 Å². The highest BCUT2D eigenvalue weighted by molar-refractivity contribution is 5.73. The van der Waals surface area contributed by atoms with Crippen molar-refractivity contribution in [2.75, 3.05) is 32.8 Å². The summed E-state index contributed by atoms with van der Waals surface area (Å²) in [6.07, 6.45) is 5.64. The number of carbonyl (C=O) groups excluding carboxylic acids is 1. The molecule has 1 atom stereocenters. The summed E-state index contributed by atoms with van der Waals surface area (Å²) in [5, 5.41) is 9.94. The van der Waals surface area contributed by atoms with Crippen LogP contribution in [0.3, 0.4) is 0 Å². The number of rotatable bonds is 4. The normalized spacial score (nSPS) is 29.1. The topological polar surface area (TPSA) is 43.8 Å². The molecule has 2 aliphatic rings. The minimum absolute atomic E-state index is 0.101. The molecule has 1 amide bonds. The van der Waals surface area contributed by atoms with Crippen LogP contribution < -0.4 is 0 Å². The van der Waals surface area contributed by atoms with Gasteiger partial charge in [-0.25, -0.2) is 0 Å². The fourth-order valence-corrected chi connectivity index (χ4v) is 4.33. The number of likely N-dealkylation sites (tertiary alicyclic amines) is 2. The molecule has 0 radical (unpaired) electrons.